The zero-order chi connectivity index (χ0) is 17.1. The van der Waals surface area contributed by atoms with Gasteiger partial charge in [0.05, 0.1) is 6.61 Å². The van der Waals surface area contributed by atoms with Crippen LogP contribution in [0.2, 0.25) is 0 Å². The molecule has 2 rings (SSSR count). The smallest absolute Gasteiger partial charge is 0.374 e. The molecule has 1 aliphatic rings. The Bertz CT molecular complexity index is 661. The van der Waals surface area contributed by atoms with Crippen molar-refractivity contribution in [3.8, 4) is 0 Å². The molecule has 0 radical (unpaired) electrons. The summed E-state index contributed by atoms with van der Waals surface area (Å²) in [6, 6.07) is 2.55. The van der Waals surface area contributed by atoms with Crippen molar-refractivity contribution in [2.75, 3.05) is 13.2 Å². The molecule has 2 atom stereocenters. The minimum Gasteiger partial charge on any atom is -0.460 e. The third-order valence-electron chi connectivity index (χ3n) is 4.48. The zero-order valence-corrected chi connectivity index (χ0v) is 15.5. The van der Waals surface area contributed by atoms with Crippen molar-refractivity contribution in [3.05, 3.63) is 17.9 Å². The van der Waals surface area contributed by atoms with Gasteiger partial charge in [-0.25, -0.2) is 17.9 Å². The fourth-order valence-electron chi connectivity index (χ4n) is 3.00. The van der Waals surface area contributed by atoms with E-state index in [0.29, 0.717) is 6.42 Å². The van der Waals surface area contributed by atoms with Gasteiger partial charge in [-0.1, -0.05) is 19.8 Å². The summed E-state index contributed by atoms with van der Waals surface area (Å²) in [5, 5.41) is -0.300. The average Bonchev–Trinajstić information content (AvgIpc) is 3.01. The summed E-state index contributed by atoms with van der Waals surface area (Å²) >= 11 is 0. The normalized spacial score (nSPS) is 24.2. The third kappa shape index (κ3) is 4.30. The number of rotatable bonds is 6. The predicted molar refractivity (Wildman–Crippen MR) is 91.7 cm³/mol. The summed E-state index contributed by atoms with van der Waals surface area (Å²) < 4.78 is 37.8. The van der Waals surface area contributed by atoms with Crippen molar-refractivity contribution in [2.45, 2.75) is 50.2 Å². The fraction of sp³-hybridized carbons (Fsp3) is 0.667. The molecule has 0 aromatic carbocycles. The highest BCUT2D eigenvalue weighted by molar-refractivity contribution is 7.89. The second-order valence-corrected chi connectivity index (χ2v) is 7.57. The van der Waals surface area contributed by atoms with Gasteiger partial charge in [0.15, 0.2) is 0 Å². The number of hydrogen-bond acceptors (Lipinski definition) is 6. The highest BCUT2D eigenvalue weighted by Gasteiger charge is 2.41. The summed E-state index contributed by atoms with van der Waals surface area (Å²) in [6.45, 7) is 4.07. The van der Waals surface area contributed by atoms with Crippen LogP contribution >= 0.6 is 12.4 Å². The van der Waals surface area contributed by atoms with E-state index in [1.807, 2.05) is 6.92 Å². The Morgan fingerprint density at radius 3 is 2.75 bits per heavy atom. The standard InChI is InChI=1S/C15H24N2O5S.ClH/c1-3-21-14(18)12-7-8-13(22-12)23(19,20)17-15(10-16)9-5-4-6-11(15)2;/h7-8,11,17H,3-6,9-10,16H2,1-2H3;1H. The number of carbonyl (C=O) groups excluding carboxylic acids is 1. The van der Waals surface area contributed by atoms with Crippen LogP contribution in [0.5, 0.6) is 0 Å². The molecule has 1 saturated carbocycles. The van der Waals surface area contributed by atoms with Crippen molar-refractivity contribution in [1.29, 1.82) is 0 Å². The van der Waals surface area contributed by atoms with E-state index in [0.717, 1.165) is 19.3 Å². The van der Waals surface area contributed by atoms with Gasteiger partial charge < -0.3 is 14.9 Å². The average molecular weight is 381 g/mol. The molecule has 1 aliphatic carbocycles. The summed E-state index contributed by atoms with van der Waals surface area (Å²) in [7, 11) is -3.90. The van der Waals surface area contributed by atoms with Crippen molar-refractivity contribution >= 4 is 28.4 Å². The lowest BCUT2D eigenvalue weighted by Crippen LogP contribution is -2.58. The molecule has 7 nitrogen and oxygen atoms in total. The van der Waals surface area contributed by atoms with Gasteiger partial charge in [0.25, 0.3) is 10.0 Å². The lowest BCUT2D eigenvalue weighted by atomic mass is 9.74. The molecule has 1 heterocycles. The van der Waals surface area contributed by atoms with E-state index in [-0.39, 0.29) is 42.3 Å². The number of halogens is 1. The predicted octanol–water partition coefficient (Wildman–Crippen LogP) is 2.06. The number of hydrogen-bond donors (Lipinski definition) is 2. The van der Waals surface area contributed by atoms with E-state index in [1.54, 1.807) is 6.92 Å². The Hall–Kier alpha value is -1.09. The molecule has 2 unspecified atom stereocenters. The van der Waals surface area contributed by atoms with Crippen molar-refractivity contribution in [1.82, 2.24) is 4.72 Å². The summed E-state index contributed by atoms with van der Waals surface area (Å²) in [6.07, 6.45) is 3.61. The van der Waals surface area contributed by atoms with Crippen LogP contribution < -0.4 is 10.5 Å². The number of sulfonamides is 1. The molecule has 0 aliphatic heterocycles. The number of esters is 1. The molecule has 0 amide bonds. The molecule has 3 N–H and O–H groups in total. The van der Waals surface area contributed by atoms with Gasteiger partial charge in [-0.15, -0.1) is 12.4 Å². The minimum absolute atomic E-state index is 0. The Balaban J connectivity index is 0.00000288. The monoisotopic (exact) mass is 380 g/mol. The van der Waals surface area contributed by atoms with Crippen LogP contribution in [0.25, 0.3) is 0 Å². The first-order valence-electron chi connectivity index (χ1n) is 7.85. The zero-order valence-electron chi connectivity index (χ0n) is 13.9. The van der Waals surface area contributed by atoms with E-state index in [9.17, 15) is 13.2 Å². The lowest BCUT2D eigenvalue weighted by molar-refractivity contribution is 0.0484. The lowest BCUT2D eigenvalue weighted by Gasteiger charge is -2.41. The molecule has 1 aromatic heterocycles. The van der Waals surface area contributed by atoms with Gasteiger partial charge in [0.1, 0.15) is 0 Å². The Kier molecular flexibility index (Phi) is 7.27. The first-order valence-corrected chi connectivity index (χ1v) is 9.34. The van der Waals surface area contributed by atoms with Crippen LogP contribution in [0.15, 0.2) is 21.6 Å². The first-order chi connectivity index (χ1) is 10.8. The van der Waals surface area contributed by atoms with E-state index in [4.69, 9.17) is 14.9 Å². The fourth-order valence-corrected chi connectivity index (χ4v) is 4.47. The highest BCUT2D eigenvalue weighted by atomic mass is 35.5. The summed E-state index contributed by atoms with van der Waals surface area (Å²) in [5.41, 5.74) is 5.20. The maximum atomic E-state index is 12.6. The number of furan rings is 1. The van der Waals surface area contributed by atoms with Crippen LogP contribution in [-0.2, 0) is 14.8 Å². The van der Waals surface area contributed by atoms with Crippen LogP contribution in [0.3, 0.4) is 0 Å². The second kappa shape index (κ2) is 8.33. The van der Waals surface area contributed by atoms with E-state index < -0.39 is 21.5 Å². The largest absolute Gasteiger partial charge is 0.460 e. The van der Waals surface area contributed by atoms with Gasteiger partial charge >= 0.3 is 5.97 Å². The SMILES string of the molecule is CCOC(=O)c1ccc(S(=O)(=O)NC2(CN)CCCCC2C)o1.Cl. The number of ether oxygens (including phenoxy) is 1. The maximum Gasteiger partial charge on any atom is 0.374 e. The third-order valence-corrected chi connectivity index (χ3v) is 5.90. The molecular formula is C15H25ClN2O5S. The van der Waals surface area contributed by atoms with Gasteiger partial charge in [0.2, 0.25) is 10.9 Å². The van der Waals surface area contributed by atoms with E-state index in [2.05, 4.69) is 4.72 Å². The summed E-state index contributed by atoms with van der Waals surface area (Å²) in [4.78, 5) is 11.6. The molecule has 9 heteroatoms. The molecule has 24 heavy (non-hydrogen) atoms. The molecule has 1 aromatic rings. The maximum absolute atomic E-state index is 12.6. The Morgan fingerprint density at radius 1 is 1.46 bits per heavy atom. The topological polar surface area (TPSA) is 112 Å². The molecular weight excluding hydrogens is 356 g/mol. The van der Waals surface area contributed by atoms with Gasteiger partial charge in [-0.3, -0.25) is 0 Å². The first kappa shape index (κ1) is 21.0. The minimum atomic E-state index is -3.90. The van der Waals surface area contributed by atoms with Gasteiger partial charge in [-0.05, 0) is 37.8 Å². The highest BCUT2D eigenvalue weighted by Crippen LogP contribution is 2.34. The molecule has 0 spiro atoms. The second-order valence-electron chi connectivity index (χ2n) is 5.95. The van der Waals surface area contributed by atoms with Crippen molar-refractivity contribution in [3.63, 3.8) is 0 Å². The van der Waals surface area contributed by atoms with Crippen LogP contribution in [0.4, 0.5) is 0 Å². The summed E-state index contributed by atoms with van der Waals surface area (Å²) in [5.74, 6) is -0.685. The molecule has 1 fully saturated rings. The Labute approximate surface area is 148 Å². The van der Waals surface area contributed by atoms with Crippen LogP contribution in [-0.4, -0.2) is 33.1 Å². The molecule has 138 valence electrons. The van der Waals surface area contributed by atoms with Crippen LogP contribution in [0.1, 0.15) is 50.1 Å². The van der Waals surface area contributed by atoms with Crippen molar-refractivity contribution in [2.24, 2.45) is 11.7 Å². The van der Waals surface area contributed by atoms with Crippen LogP contribution in [0, 0.1) is 5.92 Å². The quantitative estimate of drug-likeness (QED) is 0.730. The van der Waals surface area contributed by atoms with Gasteiger partial charge in [0, 0.05) is 12.1 Å². The number of nitrogens with one attached hydrogen (secondary N) is 1. The molecule has 0 saturated heterocycles. The van der Waals surface area contributed by atoms with Gasteiger partial charge in [-0.2, -0.15) is 0 Å². The number of nitrogens with two attached hydrogens (primary N) is 1. The number of carbonyl (C=O) groups is 1. The van der Waals surface area contributed by atoms with Crippen molar-refractivity contribution < 1.29 is 22.4 Å². The molecule has 0 bridgehead atoms. The van der Waals surface area contributed by atoms with E-state index >= 15 is 0 Å². The van der Waals surface area contributed by atoms with E-state index in [1.165, 1.54) is 12.1 Å². The Morgan fingerprint density at radius 2 is 2.17 bits per heavy atom.